The lowest BCUT2D eigenvalue weighted by atomic mass is 10.1. The number of hydroxylamine groups is 2. The van der Waals surface area contributed by atoms with Gasteiger partial charge in [0.1, 0.15) is 11.5 Å². The van der Waals surface area contributed by atoms with E-state index in [0.29, 0.717) is 41.6 Å². The van der Waals surface area contributed by atoms with Gasteiger partial charge in [0.25, 0.3) is 0 Å². The van der Waals surface area contributed by atoms with Crippen molar-refractivity contribution in [3.63, 3.8) is 0 Å². The summed E-state index contributed by atoms with van der Waals surface area (Å²) >= 11 is 0. The predicted octanol–water partition coefficient (Wildman–Crippen LogP) is 3.67. The fraction of sp³-hybridized carbons (Fsp3) is 0.250. The number of aryl methyl sites for hydroxylation is 2. The van der Waals surface area contributed by atoms with Crippen LogP contribution in [0, 0.1) is 12.1 Å². The number of rotatable bonds is 8. The summed E-state index contributed by atoms with van der Waals surface area (Å²) in [7, 11) is 1.45. The Bertz CT molecular complexity index is 922. The highest BCUT2D eigenvalue weighted by Gasteiger charge is 2.07. The highest BCUT2D eigenvalue weighted by Crippen LogP contribution is 2.22. The second-order valence-electron chi connectivity index (χ2n) is 6.40. The van der Waals surface area contributed by atoms with E-state index in [1.165, 1.54) is 7.05 Å². The fourth-order valence-corrected chi connectivity index (χ4v) is 2.57. The molecular formula is C20H21N4O4-. The molecule has 0 bridgehead atoms. The van der Waals surface area contributed by atoms with Gasteiger partial charge < -0.3 is 19.5 Å². The van der Waals surface area contributed by atoms with Crippen LogP contribution in [0.2, 0.25) is 0 Å². The van der Waals surface area contributed by atoms with E-state index in [2.05, 4.69) is 15.5 Å². The van der Waals surface area contributed by atoms with Gasteiger partial charge in [0.05, 0.1) is 11.4 Å². The van der Waals surface area contributed by atoms with E-state index >= 15 is 0 Å². The Hall–Kier alpha value is -3.23. The van der Waals surface area contributed by atoms with Crippen LogP contribution in [0.4, 0.5) is 5.88 Å². The summed E-state index contributed by atoms with van der Waals surface area (Å²) in [5, 5.41) is 18.3. The molecule has 1 amide bonds. The maximum Gasteiger partial charge on any atom is 0.231 e. The molecule has 0 unspecified atom stereocenters. The molecule has 0 fully saturated rings. The van der Waals surface area contributed by atoms with E-state index < -0.39 is 0 Å². The van der Waals surface area contributed by atoms with Crippen LogP contribution >= 0.6 is 0 Å². The molecule has 0 saturated heterocycles. The Balaban J connectivity index is 1.51. The van der Waals surface area contributed by atoms with Crippen molar-refractivity contribution in [2.24, 2.45) is 0 Å². The van der Waals surface area contributed by atoms with Gasteiger partial charge in [-0.2, -0.15) is 0 Å². The van der Waals surface area contributed by atoms with Gasteiger partial charge in [0.15, 0.2) is 0 Å². The molecule has 0 aliphatic heterocycles. The largest absolute Gasteiger partial charge is 0.785 e. The maximum absolute atomic E-state index is 12.0. The smallest absolute Gasteiger partial charge is 0.231 e. The topological polar surface area (TPSA) is 104 Å². The third kappa shape index (κ3) is 5.90. The minimum atomic E-state index is -0.135. The van der Waals surface area contributed by atoms with E-state index in [0.717, 1.165) is 10.6 Å². The van der Waals surface area contributed by atoms with Crippen LogP contribution in [0.5, 0.6) is 11.5 Å². The van der Waals surface area contributed by atoms with Crippen LogP contribution in [-0.2, 0) is 17.8 Å². The molecular weight excluding hydrogens is 360 g/mol. The van der Waals surface area contributed by atoms with Crippen molar-refractivity contribution in [1.82, 2.24) is 15.2 Å². The summed E-state index contributed by atoms with van der Waals surface area (Å²) in [6, 6.07) is 12.6. The van der Waals surface area contributed by atoms with Crippen LogP contribution in [0.3, 0.4) is 0 Å². The number of hydrogen-bond acceptors (Lipinski definition) is 7. The zero-order valence-electron chi connectivity index (χ0n) is 15.7. The molecule has 2 aromatic heterocycles. The first-order valence-electron chi connectivity index (χ1n) is 8.81. The van der Waals surface area contributed by atoms with Gasteiger partial charge in [-0.25, -0.2) is 0 Å². The molecule has 8 heteroatoms. The second kappa shape index (κ2) is 9.12. The zero-order valence-corrected chi connectivity index (χ0v) is 15.7. The van der Waals surface area contributed by atoms with Gasteiger partial charge in [-0.05, 0) is 44.2 Å². The first kappa shape index (κ1) is 19.5. The lowest BCUT2D eigenvalue weighted by molar-refractivity contribution is -0.116. The average Bonchev–Trinajstić information content (AvgIpc) is 3.05. The van der Waals surface area contributed by atoms with Crippen LogP contribution in [0.1, 0.15) is 23.4 Å². The highest BCUT2D eigenvalue weighted by atomic mass is 16.5. The lowest BCUT2D eigenvalue weighted by Crippen LogP contribution is -2.11. The normalized spacial score (nSPS) is 10.9. The SMILES string of the molecule is Cc1cc(NC(=O)CCc2ccc(Oc3ccnc(CN(C)[O-])c3)cc2)on1. The Morgan fingerprint density at radius 1 is 1.21 bits per heavy atom. The van der Waals surface area contributed by atoms with Crippen LogP contribution in [0.15, 0.2) is 53.2 Å². The Morgan fingerprint density at radius 3 is 2.68 bits per heavy atom. The maximum atomic E-state index is 12.0. The molecule has 0 saturated carbocycles. The summed E-state index contributed by atoms with van der Waals surface area (Å²) in [4.78, 5) is 16.1. The number of aromatic nitrogens is 2. The number of carbonyl (C=O) groups is 1. The molecule has 1 N–H and O–H groups in total. The third-order valence-electron chi connectivity index (χ3n) is 3.86. The Labute approximate surface area is 162 Å². The van der Waals surface area contributed by atoms with Crippen molar-refractivity contribution in [2.45, 2.75) is 26.3 Å². The summed E-state index contributed by atoms with van der Waals surface area (Å²) in [5.41, 5.74) is 2.37. The highest BCUT2D eigenvalue weighted by molar-refractivity contribution is 5.89. The van der Waals surface area contributed by atoms with Crippen molar-refractivity contribution >= 4 is 11.8 Å². The number of carbonyl (C=O) groups excluding carboxylic acids is 1. The van der Waals surface area contributed by atoms with Crippen molar-refractivity contribution in [3.05, 3.63) is 70.8 Å². The predicted molar refractivity (Wildman–Crippen MR) is 104 cm³/mol. The minimum Gasteiger partial charge on any atom is -0.785 e. The molecule has 28 heavy (non-hydrogen) atoms. The molecule has 8 nitrogen and oxygen atoms in total. The number of nitrogens with zero attached hydrogens (tertiary/aromatic N) is 3. The van der Waals surface area contributed by atoms with Crippen LogP contribution in [-0.4, -0.2) is 28.2 Å². The first-order chi connectivity index (χ1) is 13.5. The van der Waals surface area contributed by atoms with Crippen LogP contribution in [0.25, 0.3) is 0 Å². The zero-order chi connectivity index (χ0) is 19.9. The standard InChI is InChI=1S/C20H21N4O4/c1-14-11-20(28-23-14)22-19(25)8-5-15-3-6-17(7-4-15)27-18-9-10-21-16(12-18)13-24(2)26/h3-4,6-7,9-12H,5,8,13H2,1-2H3,(H,22,25)/q-1. The monoisotopic (exact) mass is 381 g/mol. The van der Waals surface area contributed by atoms with E-state index in [-0.39, 0.29) is 12.5 Å². The average molecular weight is 381 g/mol. The van der Waals surface area contributed by atoms with Crippen molar-refractivity contribution in [3.8, 4) is 11.5 Å². The molecule has 3 rings (SSSR count). The molecule has 0 spiro atoms. The molecule has 0 aliphatic carbocycles. The minimum absolute atomic E-state index is 0.135. The molecule has 0 atom stereocenters. The Kier molecular flexibility index (Phi) is 6.36. The second-order valence-corrected chi connectivity index (χ2v) is 6.40. The molecule has 3 aromatic rings. The number of nitrogens with one attached hydrogen (secondary N) is 1. The quantitative estimate of drug-likeness (QED) is 0.594. The van der Waals surface area contributed by atoms with Gasteiger partial charge in [0, 0.05) is 31.3 Å². The molecule has 2 heterocycles. The molecule has 0 aliphatic rings. The van der Waals surface area contributed by atoms with Crippen molar-refractivity contribution in [1.29, 1.82) is 0 Å². The third-order valence-corrected chi connectivity index (χ3v) is 3.86. The molecule has 1 aromatic carbocycles. The van der Waals surface area contributed by atoms with E-state index in [9.17, 15) is 10.0 Å². The lowest BCUT2D eigenvalue weighted by Gasteiger charge is -2.21. The van der Waals surface area contributed by atoms with Gasteiger partial charge in [0.2, 0.25) is 11.8 Å². The first-order valence-corrected chi connectivity index (χ1v) is 8.81. The van der Waals surface area contributed by atoms with Gasteiger partial charge in [-0.3, -0.25) is 15.1 Å². The number of anilines is 1. The summed E-state index contributed by atoms with van der Waals surface area (Å²) in [5.74, 6) is 1.49. The van der Waals surface area contributed by atoms with E-state index in [4.69, 9.17) is 9.26 Å². The summed E-state index contributed by atoms with van der Waals surface area (Å²) in [6.07, 6.45) is 2.53. The van der Waals surface area contributed by atoms with E-state index in [1.54, 1.807) is 31.3 Å². The van der Waals surface area contributed by atoms with E-state index in [1.807, 2.05) is 24.3 Å². The summed E-state index contributed by atoms with van der Waals surface area (Å²) < 4.78 is 10.8. The Morgan fingerprint density at radius 2 is 2.00 bits per heavy atom. The van der Waals surface area contributed by atoms with Gasteiger partial charge in [-0.1, -0.05) is 17.3 Å². The number of hydrogen-bond donors (Lipinski definition) is 1. The summed E-state index contributed by atoms with van der Waals surface area (Å²) in [6.45, 7) is 1.99. The molecule has 146 valence electrons. The van der Waals surface area contributed by atoms with Gasteiger partial charge in [-0.15, -0.1) is 0 Å². The number of amides is 1. The number of ether oxygens (including phenoxy) is 1. The fourth-order valence-electron chi connectivity index (χ4n) is 2.57. The van der Waals surface area contributed by atoms with Crippen LogP contribution < -0.4 is 10.1 Å². The number of pyridine rings is 1. The van der Waals surface area contributed by atoms with Crippen molar-refractivity contribution < 1.29 is 14.1 Å². The number of benzene rings is 1. The molecule has 0 radical (unpaired) electrons. The van der Waals surface area contributed by atoms with Gasteiger partial charge >= 0.3 is 0 Å². The van der Waals surface area contributed by atoms with Crippen molar-refractivity contribution in [2.75, 3.05) is 12.4 Å².